The lowest BCUT2D eigenvalue weighted by atomic mass is 9.87. The zero-order valence-corrected chi connectivity index (χ0v) is 13.7. The van der Waals surface area contributed by atoms with Gasteiger partial charge in [0.05, 0.1) is 12.7 Å². The van der Waals surface area contributed by atoms with Gasteiger partial charge in [-0.15, -0.1) is 0 Å². The number of halogens is 1. The lowest BCUT2D eigenvalue weighted by Gasteiger charge is -2.26. The summed E-state index contributed by atoms with van der Waals surface area (Å²) >= 11 is 0. The maximum atomic E-state index is 12.7. The van der Waals surface area contributed by atoms with Gasteiger partial charge in [-0.2, -0.15) is 9.65 Å². The molecule has 0 spiro atoms. The highest BCUT2D eigenvalue weighted by molar-refractivity contribution is 5.22. The molecule has 3 heteroatoms. The summed E-state index contributed by atoms with van der Waals surface area (Å²) in [6, 6.07) is 10.1. The Morgan fingerprint density at radius 3 is 2.48 bits per heavy atom. The van der Waals surface area contributed by atoms with Gasteiger partial charge < -0.3 is 4.74 Å². The van der Waals surface area contributed by atoms with Crippen molar-refractivity contribution in [2.45, 2.75) is 51.7 Å². The second-order valence-corrected chi connectivity index (χ2v) is 6.03. The van der Waals surface area contributed by atoms with Crippen LogP contribution in [0.4, 0.5) is 4.39 Å². The second-order valence-electron chi connectivity index (χ2n) is 6.03. The molecule has 1 aromatic carbocycles. The van der Waals surface area contributed by atoms with Crippen molar-refractivity contribution in [2.24, 2.45) is 5.92 Å². The van der Waals surface area contributed by atoms with Gasteiger partial charge in [0.25, 0.3) is 0 Å². The first-order valence-electron chi connectivity index (χ1n) is 8.34. The smallest absolute Gasteiger partial charge is 0.199 e. The van der Waals surface area contributed by atoms with E-state index in [9.17, 15) is 4.39 Å². The molecule has 0 atom stereocenters. The zero-order chi connectivity index (χ0) is 16.5. The van der Waals surface area contributed by atoms with E-state index in [0.717, 1.165) is 32.1 Å². The molecular weight excluding hydrogens is 289 g/mol. The van der Waals surface area contributed by atoms with Gasteiger partial charge in [-0.05, 0) is 55.2 Å². The number of benzene rings is 1. The van der Waals surface area contributed by atoms with Crippen LogP contribution in [0.2, 0.25) is 0 Å². The predicted molar refractivity (Wildman–Crippen MR) is 90.3 cm³/mol. The molecule has 2 rings (SSSR count). The van der Waals surface area contributed by atoms with Crippen molar-refractivity contribution in [2.75, 3.05) is 0 Å². The van der Waals surface area contributed by atoms with Gasteiger partial charge in [-0.1, -0.05) is 43.3 Å². The Morgan fingerprint density at radius 2 is 1.87 bits per heavy atom. The minimum Gasteiger partial charge on any atom is -0.374 e. The Kier molecular flexibility index (Phi) is 7.03. The van der Waals surface area contributed by atoms with E-state index in [-0.39, 0.29) is 0 Å². The van der Waals surface area contributed by atoms with Crippen LogP contribution in [0, 0.1) is 17.2 Å². The van der Waals surface area contributed by atoms with Gasteiger partial charge in [0.15, 0.2) is 5.83 Å². The molecule has 0 unspecified atom stereocenters. The highest BCUT2D eigenvalue weighted by Crippen LogP contribution is 2.27. The number of nitriles is 1. The fourth-order valence-corrected chi connectivity index (χ4v) is 2.87. The van der Waals surface area contributed by atoms with Crippen molar-refractivity contribution in [1.29, 1.82) is 5.26 Å². The van der Waals surface area contributed by atoms with Crippen molar-refractivity contribution in [3.8, 4) is 6.07 Å². The van der Waals surface area contributed by atoms with Gasteiger partial charge in [0, 0.05) is 0 Å². The van der Waals surface area contributed by atoms with E-state index in [4.69, 9.17) is 10.00 Å². The Morgan fingerprint density at radius 1 is 1.22 bits per heavy atom. The molecule has 0 amide bonds. The third-order valence-electron chi connectivity index (χ3n) is 4.37. The SMILES string of the molecule is CCc1ccc(COC2CCC(/C=C/C=C(\F)C#N)CC2)cc1. The number of hydrogen-bond acceptors (Lipinski definition) is 2. The molecule has 23 heavy (non-hydrogen) atoms. The normalized spacial score (nSPS) is 22.2. The first-order chi connectivity index (χ1) is 11.2. The fourth-order valence-electron chi connectivity index (χ4n) is 2.87. The van der Waals surface area contributed by atoms with Gasteiger partial charge >= 0.3 is 0 Å². The Hall–Kier alpha value is -1.92. The summed E-state index contributed by atoms with van der Waals surface area (Å²) in [6.07, 6.45) is 10.4. The standard InChI is InChI=1S/C20H24FNO/c1-2-16-6-8-18(9-7-16)15-23-20-12-10-17(11-13-20)4-3-5-19(21)14-22/h3-9,17,20H,2,10-13,15H2,1H3/b4-3+,19-5-. The highest BCUT2D eigenvalue weighted by Gasteiger charge is 2.19. The van der Waals surface area contributed by atoms with E-state index in [2.05, 4.69) is 31.2 Å². The summed E-state index contributed by atoms with van der Waals surface area (Å²) in [4.78, 5) is 0. The van der Waals surface area contributed by atoms with E-state index in [1.807, 2.05) is 6.08 Å². The van der Waals surface area contributed by atoms with Crippen LogP contribution in [-0.2, 0) is 17.8 Å². The molecular formula is C20H24FNO. The molecule has 0 heterocycles. The topological polar surface area (TPSA) is 33.0 Å². The van der Waals surface area contributed by atoms with Crippen LogP contribution >= 0.6 is 0 Å². The summed E-state index contributed by atoms with van der Waals surface area (Å²) < 4.78 is 18.7. The molecule has 1 aromatic rings. The first-order valence-corrected chi connectivity index (χ1v) is 8.34. The molecule has 1 fully saturated rings. The van der Waals surface area contributed by atoms with Crippen LogP contribution in [0.15, 0.2) is 48.3 Å². The molecule has 1 saturated carbocycles. The third kappa shape index (κ3) is 6.00. The van der Waals surface area contributed by atoms with Crippen LogP contribution in [0.25, 0.3) is 0 Å². The van der Waals surface area contributed by atoms with Crippen LogP contribution < -0.4 is 0 Å². The number of allylic oxidation sites excluding steroid dienone is 4. The predicted octanol–water partition coefficient (Wildman–Crippen LogP) is 5.26. The van der Waals surface area contributed by atoms with E-state index in [1.165, 1.54) is 23.3 Å². The lowest BCUT2D eigenvalue weighted by Crippen LogP contribution is -2.20. The summed E-state index contributed by atoms with van der Waals surface area (Å²) in [7, 11) is 0. The molecule has 0 saturated heterocycles. The van der Waals surface area contributed by atoms with Crippen molar-refractivity contribution in [3.63, 3.8) is 0 Å². The van der Waals surface area contributed by atoms with Crippen molar-refractivity contribution in [3.05, 3.63) is 59.4 Å². The number of nitrogens with zero attached hydrogens (tertiary/aromatic N) is 1. The van der Waals surface area contributed by atoms with Crippen LogP contribution in [-0.4, -0.2) is 6.10 Å². The summed E-state index contributed by atoms with van der Waals surface area (Å²) in [5.74, 6) is -0.284. The molecule has 0 bridgehead atoms. The average molecular weight is 313 g/mol. The molecule has 2 nitrogen and oxygen atoms in total. The van der Waals surface area contributed by atoms with E-state index in [0.29, 0.717) is 18.6 Å². The molecule has 0 aromatic heterocycles. The third-order valence-corrected chi connectivity index (χ3v) is 4.37. The Labute approximate surface area is 138 Å². The molecule has 122 valence electrons. The van der Waals surface area contributed by atoms with Crippen LogP contribution in [0.3, 0.4) is 0 Å². The summed E-state index contributed by atoms with van der Waals surface area (Å²) in [6.45, 7) is 2.83. The van der Waals surface area contributed by atoms with E-state index < -0.39 is 5.83 Å². The molecule has 0 N–H and O–H groups in total. The van der Waals surface area contributed by atoms with Crippen molar-refractivity contribution in [1.82, 2.24) is 0 Å². The van der Waals surface area contributed by atoms with Crippen molar-refractivity contribution >= 4 is 0 Å². The fraction of sp³-hybridized carbons (Fsp3) is 0.450. The second kappa shape index (κ2) is 9.27. The minimum absolute atomic E-state index is 0.317. The number of rotatable bonds is 6. The quantitative estimate of drug-likeness (QED) is 0.530. The first kappa shape index (κ1) is 17.4. The molecule has 0 aliphatic heterocycles. The molecule has 0 radical (unpaired) electrons. The van der Waals surface area contributed by atoms with Gasteiger partial charge in [-0.25, -0.2) is 0 Å². The van der Waals surface area contributed by atoms with Crippen molar-refractivity contribution < 1.29 is 9.13 Å². The highest BCUT2D eigenvalue weighted by atomic mass is 19.1. The summed E-state index contributed by atoms with van der Waals surface area (Å²) in [5, 5.41) is 8.35. The maximum Gasteiger partial charge on any atom is 0.199 e. The van der Waals surface area contributed by atoms with Gasteiger partial charge in [0.2, 0.25) is 0 Å². The Bertz CT molecular complexity index is 575. The van der Waals surface area contributed by atoms with Crippen LogP contribution in [0.5, 0.6) is 0 Å². The van der Waals surface area contributed by atoms with E-state index in [1.54, 1.807) is 6.08 Å². The molecule has 1 aliphatic carbocycles. The van der Waals surface area contributed by atoms with Gasteiger partial charge in [-0.3, -0.25) is 0 Å². The minimum atomic E-state index is -0.743. The molecule has 1 aliphatic rings. The average Bonchev–Trinajstić information content (AvgIpc) is 2.61. The maximum absolute atomic E-state index is 12.7. The summed E-state index contributed by atoms with van der Waals surface area (Å²) in [5.41, 5.74) is 2.57. The monoisotopic (exact) mass is 313 g/mol. The zero-order valence-electron chi connectivity index (χ0n) is 13.7. The Balaban J connectivity index is 1.71. The largest absolute Gasteiger partial charge is 0.374 e. The lowest BCUT2D eigenvalue weighted by molar-refractivity contribution is 0.0110. The van der Waals surface area contributed by atoms with E-state index >= 15 is 0 Å². The number of aryl methyl sites for hydroxylation is 1. The van der Waals surface area contributed by atoms with Gasteiger partial charge in [0.1, 0.15) is 6.07 Å². The number of hydrogen-bond donors (Lipinski definition) is 0. The number of ether oxygens (including phenoxy) is 1. The van der Waals surface area contributed by atoms with Crippen LogP contribution in [0.1, 0.15) is 43.7 Å².